The van der Waals surface area contributed by atoms with Crippen LogP contribution in [0.5, 0.6) is 0 Å². The molecule has 1 aromatic carbocycles. The summed E-state index contributed by atoms with van der Waals surface area (Å²) < 4.78 is 6.91. The number of rotatable bonds is 7. The van der Waals surface area contributed by atoms with Gasteiger partial charge in [-0.25, -0.2) is 0 Å². The molecule has 0 atom stereocenters. The van der Waals surface area contributed by atoms with Crippen LogP contribution in [0.25, 0.3) is 0 Å². The maximum atomic E-state index is 11.9. The van der Waals surface area contributed by atoms with E-state index in [-0.39, 0.29) is 12.5 Å². The number of amides is 1. The van der Waals surface area contributed by atoms with E-state index in [1.54, 1.807) is 6.07 Å². The van der Waals surface area contributed by atoms with Crippen LogP contribution in [0.3, 0.4) is 0 Å². The van der Waals surface area contributed by atoms with Gasteiger partial charge in [0.05, 0.1) is 18.8 Å². The summed E-state index contributed by atoms with van der Waals surface area (Å²) in [5, 5.41) is 11.4. The van der Waals surface area contributed by atoms with Crippen molar-refractivity contribution in [3.05, 3.63) is 31.8 Å². The van der Waals surface area contributed by atoms with Crippen molar-refractivity contribution in [1.29, 1.82) is 0 Å². The molecule has 1 amide bonds. The molecule has 0 heterocycles. The molecule has 0 aliphatic heterocycles. The fourth-order valence-corrected chi connectivity index (χ4v) is 2.25. The zero-order chi connectivity index (χ0) is 13.4. The van der Waals surface area contributed by atoms with Crippen molar-refractivity contribution in [1.82, 2.24) is 5.32 Å². The van der Waals surface area contributed by atoms with Gasteiger partial charge >= 0.3 is 0 Å². The number of carbonyl (C=O) groups excluding carboxylic acids is 1. The minimum Gasteiger partial charge on any atom is -0.394 e. The molecule has 6 heteroatoms. The third kappa shape index (κ3) is 5.64. The molecule has 100 valence electrons. The Morgan fingerprint density at radius 3 is 2.94 bits per heavy atom. The zero-order valence-corrected chi connectivity index (χ0v) is 13.5. The van der Waals surface area contributed by atoms with E-state index in [9.17, 15) is 4.79 Å². The standard InChI is InChI=1S/C12H15BrINO3/c13-9-2-3-11(14)10(8-9)12(17)15-4-1-6-18-7-5-16/h2-3,8,16H,1,4-7H2,(H,15,17). The molecule has 0 aromatic heterocycles. The highest BCUT2D eigenvalue weighted by Crippen LogP contribution is 2.18. The van der Waals surface area contributed by atoms with Crippen molar-refractivity contribution >= 4 is 44.4 Å². The SMILES string of the molecule is O=C(NCCCOCCO)c1cc(Br)ccc1I. The fourth-order valence-electron chi connectivity index (χ4n) is 1.31. The quantitative estimate of drug-likeness (QED) is 0.518. The molecule has 0 aliphatic carbocycles. The van der Waals surface area contributed by atoms with Gasteiger partial charge < -0.3 is 15.2 Å². The molecule has 0 spiro atoms. The number of aliphatic hydroxyl groups excluding tert-OH is 1. The molecule has 0 fully saturated rings. The van der Waals surface area contributed by atoms with Crippen LogP contribution in [-0.4, -0.2) is 37.4 Å². The van der Waals surface area contributed by atoms with E-state index in [0.29, 0.717) is 25.3 Å². The van der Waals surface area contributed by atoms with Gasteiger partial charge in [0, 0.05) is 21.2 Å². The van der Waals surface area contributed by atoms with Crippen LogP contribution in [0, 0.1) is 3.57 Å². The largest absolute Gasteiger partial charge is 0.394 e. The van der Waals surface area contributed by atoms with Crippen LogP contribution < -0.4 is 5.32 Å². The Balaban J connectivity index is 2.34. The summed E-state index contributed by atoms with van der Waals surface area (Å²) in [6.45, 7) is 1.48. The van der Waals surface area contributed by atoms with Crippen molar-refractivity contribution in [2.24, 2.45) is 0 Å². The minimum atomic E-state index is -0.0807. The van der Waals surface area contributed by atoms with Gasteiger partial charge in [0.1, 0.15) is 0 Å². The minimum absolute atomic E-state index is 0.0304. The first-order chi connectivity index (χ1) is 8.65. The molecule has 1 aromatic rings. The molecule has 0 bridgehead atoms. The van der Waals surface area contributed by atoms with Crippen LogP contribution in [0.1, 0.15) is 16.8 Å². The monoisotopic (exact) mass is 427 g/mol. The average Bonchev–Trinajstić information content (AvgIpc) is 2.36. The third-order valence-electron chi connectivity index (χ3n) is 2.16. The van der Waals surface area contributed by atoms with Crippen molar-refractivity contribution in [3.63, 3.8) is 0 Å². The van der Waals surface area contributed by atoms with E-state index < -0.39 is 0 Å². The molecule has 4 nitrogen and oxygen atoms in total. The molecule has 0 aliphatic rings. The lowest BCUT2D eigenvalue weighted by Gasteiger charge is -2.07. The number of hydrogen-bond acceptors (Lipinski definition) is 3. The van der Waals surface area contributed by atoms with Gasteiger partial charge in [-0.1, -0.05) is 15.9 Å². The predicted molar refractivity (Wildman–Crippen MR) is 81.7 cm³/mol. The third-order valence-corrected chi connectivity index (χ3v) is 3.59. The molecule has 0 saturated heterocycles. The molecule has 2 N–H and O–H groups in total. The number of benzene rings is 1. The first-order valence-electron chi connectivity index (χ1n) is 5.57. The van der Waals surface area contributed by atoms with Gasteiger partial charge in [0.15, 0.2) is 0 Å². The van der Waals surface area contributed by atoms with Gasteiger partial charge in [-0.2, -0.15) is 0 Å². The van der Waals surface area contributed by atoms with E-state index in [1.807, 2.05) is 12.1 Å². The highest BCUT2D eigenvalue weighted by Gasteiger charge is 2.09. The molecule has 18 heavy (non-hydrogen) atoms. The maximum Gasteiger partial charge on any atom is 0.252 e. The van der Waals surface area contributed by atoms with Crippen molar-refractivity contribution in [2.45, 2.75) is 6.42 Å². The van der Waals surface area contributed by atoms with E-state index in [1.165, 1.54) is 0 Å². The second-order valence-electron chi connectivity index (χ2n) is 3.57. The maximum absolute atomic E-state index is 11.9. The number of ether oxygens (including phenoxy) is 1. The topological polar surface area (TPSA) is 58.6 Å². The lowest BCUT2D eigenvalue weighted by atomic mass is 10.2. The molecule has 0 saturated carbocycles. The van der Waals surface area contributed by atoms with Crippen molar-refractivity contribution in [3.8, 4) is 0 Å². The first-order valence-corrected chi connectivity index (χ1v) is 7.44. The van der Waals surface area contributed by atoms with Crippen molar-refractivity contribution in [2.75, 3.05) is 26.4 Å². The summed E-state index contributed by atoms with van der Waals surface area (Å²) in [7, 11) is 0. The van der Waals surface area contributed by atoms with Gasteiger partial charge in [-0.3, -0.25) is 4.79 Å². The van der Waals surface area contributed by atoms with Gasteiger partial charge in [0.25, 0.3) is 5.91 Å². The Morgan fingerprint density at radius 2 is 2.22 bits per heavy atom. The number of hydrogen-bond donors (Lipinski definition) is 2. The summed E-state index contributed by atoms with van der Waals surface area (Å²) in [4.78, 5) is 11.9. The van der Waals surface area contributed by atoms with Crippen molar-refractivity contribution < 1.29 is 14.6 Å². The average molecular weight is 428 g/mol. The normalized spacial score (nSPS) is 10.4. The van der Waals surface area contributed by atoms with Crippen LogP contribution in [0.4, 0.5) is 0 Å². The van der Waals surface area contributed by atoms with E-state index >= 15 is 0 Å². The lowest BCUT2D eigenvalue weighted by molar-refractivity contribution is 0.0867. The van der Waals surface area contributed by atoms with Crippen LogP contribution in [0.15, 0.2) is 22.7 Å². The van der Waals surface area contributed by atoms with Crippen LogP contribution >= 0.6 is 38.5 Å². The smallest absolute Gasteiger partial charge is 0.252 e. The first kappa shape index (κ1) is 15.9. The van der Waals surface area contributed by atoms with Gasteiger partial charge in [-0.05, 0) is 47.2 Å². The Bertz CT molecular complexity index is 401. The second kappa shape index (κ2) is 8.84. The van der Waals surface area contributed by atoms with E-state index in [2.05, 4.69) is 43.8 Å². The molecular formula is C12H15BrINO3. The highest BCUT2D eigenvalue weighted by molar-refractivity contribution is 14.1. The lowest BCUT2D eigenvalue weighted by Crippen LogP contribution is -2.26. The Kier molecular flexibility index (Phi) is 7.80. The molecule has 1 rings (SSSR count). The summed E-state index contributed by atoms with van der Waals surface area (Å²) in [5.74, 6) is -0.0807. The van der Waals surface area contributed by atoms with Crippen LogP contribution in [-0.2, 0) is 4.74 Å². The zero-order valence-electron chi connectivity index (χ0n) is 9.79. The summed E-state index contributed by atoms with van der Waals surface area (Å²) in [5.41, 5.74) is 0.668. The number of halogens is 2. The van der Waals surface area contributed by atoms with Gasteiger partial charge in [-0.15, -0.1) is 0 Å². The molecular weight excluding hydrogens is 413 g/mol. The van der Waals surface area contributed by atoms with Gasteiger partial charge in [0.2, 0.25) is 0 Å². The van der Waals surface area contributed by atoms with Crippen LogP contribution in [0.2, 0.25) is 0 Å². The highest BCUT2D eigenvalue weighted by atomic mass is 127. The van der Waals surface area contributed by atoms with E-state index in [4.69, 9.17) is 9.84 Å². The van der Waals surface area contributed by atoms with E-state index in [0.717, 1.165) is 14.5 Å². The number of carbonyl (C=O) groups is 1. The Hall–Kier alpha value is -0.180. The fraction of sp³-hybridized carbons (Fsp3) is 0.417. The summed E-state index contributed by atoms with van der Waals surface area (Å²) in [6.07, 6.45) is 0.732. The molecule has 0 unspecified atom stereocenters. The Labute approximate surface area is 128 Å². The summed E-state index contributed by atoms with van der Waals surface area (Å²) >= 11 is 5.49. The molecule has 0 radical (unpaired) electrons. The number of nitrogens with one attached hydrogen (secondary N) is 1. The summed E-state index contributed by atoms with van der Waals surface area (Å²) in [6, 6.07) is 5.60. The predicted octanol–water partition coefficient (Wildman–Crippen LogP) is 2.18. The number of aliphatic hydroxyl groups is 1. The second-order valence-corrected chi connectivity index (χ2v) is 5.65. The Morgan fingerprint density at radius 1 is 1.44 bits per heavy atom.